The van der Waals surface area contributed by atoms with E-state index in [-0.39, 0.29) is 5.92 Å². The Bertz CT molecular complexity index is 459. The van der Waals surface area contributed by atoms with E-state index in [1.807, 2.05) is 24.3 Å². The molecular weight excluding hydrogens is 254 g/mol. The molecule has 0 saturated carbocycles. The van der Waals surface area contributed by atoms with Crippen LogP contribution in [0.3, 0.4) is 0 Å². The van der Waals surface area contributed by atoms with E-state index in [2.05, 4.69) is 18.7 Å². The maximum atomic E-state index is 11.3. The van der Waals surface area contributed by atoms with Gasteiger partial charge in [0.05, 0.1) is 12.5 Å². The molecule has 4 nitrogen and oxygen atoms in total. The third kappa shape index (κ3) is 3.51. The van der Waals surface area contributed by atoms with Crippen molar-refractivity contribution in [1.82, 2.24) is 0 Å². The lowest BCUT2D eigenvalue weighted by Gasteiger charge is -2.34. The molecule has 0 saturated heterocycles. The number of carboxylic acid groups (broad SMARTS) is 1. The van der Waals surface area contributed by atoms with Crippen molar-refractivity contribution in [3.05, 3.63) is 29.8 Å². The highest BCUT2D eigenvalue weighted by Gasteiger charge is 2.29. The van der Waals surface area contributed by atoms with Gasteiger partial charge in [-0.1, -0.05) is 32.0 Å². The summed E-state index contributed by atoms with van der Waals surface area (Å²) in [6.45, 7) is 7.31. The van der Waals surface area contributed by atoms with Gasteiger partial charge in [-0.2, -0.15) is 0 Å². The molecule has 1 unspecified atom stereocenters. The third-order valence-corrected chi connectivity index (χ3v) is 3.60. The Kier molecular flexibility index (Phi) is 5.01. The normalized spacial score (nSPS) is 18.1. The average Bonchev–Trinajstić information content (AvgIpc) is 2.43. The van der Waals surface area contributed by atoms with Crippen molar-refractivity contribution in [2.24, 2.45) is 5.92 Å². The molecule has 1 aliphatic rings. The van der Waals surface area contributed by atoms with Crippen LogP contribution in [0.2, 0.25) is 0 Å². The average molecular weight is 277 g/mol. The predicted molar refractivity (Wildman–Crippen MR) is 79.3 cm³/mol. The molecule has 20 heavy (non-hydrogen) atoms. The highest BCUT2D eigenvalue weighted by molar-refractivity contribution is 5.80. The molecule has 1 aromatic carbocycles. The molecular formula is C16H23NO3. The van der Waals surface area contributed by atoms with Crippen molar-refractivity contribution in [2.45, 2.75) is 26.2 Å². The van der Waals surface area contributed by atoms with E-state index in [9.17, 15) is 9.90 Å². The third-order valence-electron chi connectivity index (χ3n) is 3.60. The Balaban J connectivity index is 2.02. The number of rotatable bonds is 6. The second-order valence-electron chi connectivity index (χ2n) is 5.69. The van der Waals surface area contributed by atoms with E-state index in [4.69, 9.17) is 4.74 Å². The SMILES string of the molecule is CC(C)COCCN1CCC(C(=O)O)c2ccccc21. The summed E-state index contributed by atoms with van der Waals surface area (Å²) in [5.74, 6) is -0.563. The molecule has 1 aromatic rings. The Morgan fingerprint density at radius 2 is 2.20 bits per heavy atom. The quantitative estimate of drug-likeness (QED) is 0.812. The number of nitrogens with zero attached hydrogens (tertiary/aromatic N) is 1. The van der Waals surface area contributed by atoms with Crippen molar-refractivity contribution in [3.8, 4) is 0 Å². The number of para-hydroxylation sites is 1. The van der Waals surface area contributed by atoms with E-state index in [0.29, 0.717) is 18.9 Å². The van der Waals surface area contributed by atoms with Crippen molar-refractivity contribution >= 4 is 11.7 Å². The monoisotopic (exact) mass is 277 g/mol. The first-order valence-corrected chi connectivity index (χ1v) is 7.24. The number of ether oxygens (including phenoxy) is 1. The molecule has 1 aliphatic heterocycles. The zero-order chi connectivity index (χ0) is 14.5. The maximum absolute atomic E-state index is 11.3. The zero-order valence-electron chi connectivity index (χ0n) is 12.2. The van der Waals surface area contributed by atoms with Crippen molar-refractivity contribution in [2.75, 3.05) is 31.2 Å². The fourth-order valence-corrected chi connectivity index (χ4v) is 2.61. The number of anilines is 1. The van der Waals surface area contributed by atoms with Crippen LogP contribution >= 0.6 is 0 Å². The lowest BCUT2D eigenvalue weighted by molar-refractivity contribution is -0.139. The van der Waals surface area contributed by atoms with Crippen molar-refractivity contribution in [3.63, 3.8) is 0 Å². The summed E-state index contributed by atoms with van der Waals surface area (Å²) in [6, 6.07) is 7.81. The Hall–Kier alpha value is -1.55. The molecule has 0 radical (unpaired) electrons. The van der Waals surface area contributed by atoms with E-state index >= 15 is 0 Å². The van der Waals surface area contributed by atoms with Gasteiger partial charge >= 0.3 is 5.97 Å². The molecule has 0 aromatic heterocycles. The van der Waals surface area contributed by atoms with Gasteiger partial charge in [0.25, 0.3) is 0 Å². The van der Waals surface area contributed by atoms with Crippen LogP contribution in [0.15, 0.2) is 24.3 Å². The molecule has 1 N–H and O–H groups in total. The molecule has 0 spiro atoms. The largest absolute Gasteiger partial charge is 0.481 e. The smallest absolute Gasteiger partial charge is 0.311 e. The molecule has 0 fully saturated rings. The summed E-state index contributed by atoms with van der Waals surface area (Å²) in [6.07, 6.45) is 0.663. The summed E-state index contributed by atoms with van der Waals surface area (Å²) in [5, 5.41) is 9.30. The fourth-order valence-electron chi connectivity index (χ4n) is 2.61. The van der Waals surface area contributed by atoms with Crippen molar-refractivity contribution in [1.29, 1.82) is 0 Å². The van der Waals surface area contributed by atoms with Crippen LogP contribution in [-0.4, -0.2) is 37.4 Å². The minimum Gasteiger partial charge on any atom is -0.481 e. The van der Waals surface area contributed by atoms with E-state index in [1.54, 1.807) is 0 Å². The number of hydrogen-bond donors (Lipinski definition) is 1. The topological polar surface area (TPSA) is 49.8 Å². The van der Waals surface area contributed by atoms with Crippen LogP contribution in [0.1, 0.15) is 31.7 Å². The number of aliphatic carboxylic acids is 1. The minimum atomic E-state index is -0.729. The van der Waals surface area contributed by atoms with Gasteiger partial charge in [0.15, 0.2) is 0 Å². The lowest BCUT2D eigenvalue weighted by Crippen LogP contribution is -2.35. The Labute approximate surface area is 120 Å². The van der Waals surface area contributed by atoms with Crippen LogP contribution < -0.4 is 4.90 Å². The van der Waals surface area contributed by atoms with Gasteiger partial charge in [-0.15, -0.1) is 0 Å². The number of carbonyl (C=O) groups is 1. The predicted octanol–water partition coefficient (Wildman–Crippen LogP) is 2.74. The van der Waals surface area contributed by atoms with Gasteiger partial charge in [0.2, 0.25) is 0 Å². The molecule has 0 bridgehead atoms. The van der Waals surface area contributed by atoms with E-state index < -0.39 is 5.97 Å². The molecule has 1 heterocycles. The summed E-state index contributed by atoms with van der Waals surface area (Å²) >= 11 is 0. The number of benzene rings is 1. The zero-order valence-corrected chi connectivity index (χ0v) is 12.2. The van der Waals surface area contributed by atoms with Gasteiger partial charge in [-0.25, -0.2) is 0 Å². The standard InChI is InChI=1S/C16H23NO3/c1-12(2)11-20-10-9-17-8-7-14(16(18)19)13-5-3-4-6-15(13)17/h3-6,12,14H,7-11H2,1-2H3,(H,18,19). The van der Waals surface area contributed by atoms with Crippen LogP contribution in [0.5, 0.6) is 0 Å². The summed E-state index contributed by atoms with van der Waals surface area (Å²) in [5.41, 5.74) is 1.97. The molecule has 0 amide bonds. The van der Waals surface area contributed by atoms with Gasteiger partial charge in [0.1, 0.15) is 0 Å². The Morgan fingerprint density at radius 1 is 1.45 bits per heavy atom. The molecule has 110 valence electrons. The fraction of sp³-hybridized carbons (Fsp3) is 0.562. The highest BCUT2D eigenvalue weighted by atomic mass is 16.5. The van der Waals surface area contributed by atoms with Gasteiger partial charge in [0, 0.05) is 25.4 Å². The second-order valence-corrected chi connectivity index (χ2v) is 5.69. The first-order chi connectivity index (χ1) is 9.59. The molecule has 0 aliphatic carbocycles. The highest BCUT2D eigenvalue weighted by Crippen LogP contribution is 2.34. The van der Waals surface area contributed by atoms with Crippen LogP contribution in [0.4, 0.5) is 5.69 Å². The van der Waals surface area contributed by atoms with Crippen molar-refractivity contribution < 1.29 is 14.6 Å². The first-order valence-electron chi connectivity index (χ1n) is 7.24. The summed E-state index contributed by atoms with van der Waals surface area (Å²) in [7, 11) is 0. The number of hydrogen-bond acceptors (Lipinski definition) is 3. The van der Waals surface area contributed by atoms with E-state index in [1.165, 1.54) is 0 Å². The summed E-state index contributed by atoms with van der Waals surface area (Å²) in [4.78, 5) is 13.5. The lowest BCUT2D eigenvalue weighted by atomic mass is 9.90. The minimum absolute atomic E-state index is 0.376. The summed E-state index contributed by atoms with van der Waals surface area (Å²) < 4.78 is 5.63. The van der Waals surface area contributed by atoms with Gasteiger partial charge < -0.3 is 14.7 Å². The van der Waals surface area contributed by atoms with Crippen LogP contribution in [-0.2, 0) is 9.53 Å². The number of fused-ring (bicyclic) bond motifs is 1. The first kappa shape index (κ1) is 14.9. The van der Waals surface area contributed by atoms with Crippen LogP contribution in [0, 0.1) is 5.92 Å². The number of carboxylic acids is 1. The Morgan fingerprint density at radius 3 is 2.90 bits per heavy atom. The molecule has 4 heteroatoms. The van der Waals surface area contributed by atoms with E-state index in [0.717, 1.165) is 30.9 Å². The van der Waals surface area contributed by atoms with Gasteiger partial charge in [-0.05, 0) is 24.0 Å². The molecule has 2 rings (SSSR count). The maximum Gasteiger partial charge on any atom is 0.311 e. The van der Waals surface area contributed by atoms with Gasteiger partial charge in [-0.3, -0.25) is 4.79 Å². The molecule has 1 atom stereocenters. The second kappa shape index (κ2) is 6.75. The van der Waals surface area contributed by atoms with Crippen LogP contribution in [0.25, 0.3) is 0 Å².